The fourth-order valence-electron chi connectivity index (χ4n) is 3.20. The molecule has 3 atom stereocenters. The van der Waals surface area contributed by atoms with Gasteiger partial charge in [-0.05, 0) is 24.7 Å². The van der Waals surface area contributed by atoms with Gasteiger partial charge in [0.05, 0.1) is 6.42 Å². The van der Waals surface area contributed by atoms with Crippen LogP contribution < -0.4 is 0 Å². The third-order valence-electron chi connectivity index (χ3n) is 4.33. The Kier molecular flexibility index (Phi) is 4.33. The Morgan fingerprint density at radius 3 is 2.50 bits per heavy atom. The van der Waals surface area contributed by atoms with Crippen molar-refractivity contribution in [1.82, 2.24) is 5.06 Å². The normalized spacial score (nSPS) is 29.5. The minimum atomic E-state index is -0.656. The smallest absolute Gasteiger partial charge is 0.330 e. The molecule has 0 aromatic heterocycles. The van der Waals surface area contributed by atoms with Crippen LogP contribution in [0.3, 0.4) is 0 Å². The van der Waals surface area contributed by atoms with E-state index in [1.165, 1.54) is 0 Å². The van der Waals surface area contributed by atoms with Gasteiger partial charge in [-0.1, -0.05) is 23.9 Å². The minimum Gasteiger partial charge on any atom is -0.330 e. The van der Waals surface area contributed by atoms with Crippen molar-refractivity contribution in [2.24, 2.45) is 17.8 Å². The van der Waals surface area contributed by atoms with Crippen LogP contribution in [0.25, 0.3) is 0 Å². The summed E-state index contributed by atoms with van der Waals surface area (Å²) < 4.78 is 0. The number of rotatable bonds is 5. The zero-order valence-corrected chi connectivity index (χ0v) is 12.8. The van der Waals surface area contributed by atoms with Crippen LogP contribution in [0.4, 0.5) is 0 Å². The number of hydrogen-bond acceptors (Lipinski definition) is 6. The molecule has 2 bridgehead atoms. The number of nitrogens with zero attached hydrogens (tertiary/aromatic N) is 1. The van der Waals surface area contributed by atoms with E-state index >= 15 is 0 Å². The van der Waals surface area contributed by atoms with E-state index in [1.807, 2.05) is 0 Å². The first kappa shape index (κ1) is 15.3. The van der Waals surface area contributed by atoms with Gasteiger partial charge in [-0.15, -0.1) is 5.06 Å². The predicted octanol–water partition coefficient (Wildman–Crippen LogP) is 1.46. The van der Waals surface area contributed by atoms with Crippen LogP contribution in [0.15, 0.2) is 12.2 Å². The van der Waals surface area contributed by atoms with Gasteiger partial charge < -0.3 is 4.84 Å². The molecule has 1 heterocycles. The first-order valence-corrected chi connectivity index (χ1v) is 8.44. The number of amides is 2. The highest BCUT2D eigenvalue weighted by molar-refractivity contribution is 8.13. The summed E-state index contributed by atoms with van der Waals surface area (Å²) >= 11 is 1.14. The highest BCUT2D eigenvalue weighted by Gasteiger charge is 2.39. The fourth-order valence-corrected chi connectivity index (χ4v) is 4.15. The molecule has 0 N–H and O–H groups in total. The van der Waals surface area contributed by atoms with Gasteiger partial charge in [0, 0.05) is 24.5 Å². The lowest BCUT2D eigenvalue weighted by Gasteiger charge is -2.16. The molecular weight excluding hydrogens is 306 g/mol. The van der Waals surface area contributed by atoms with Crippen molar-refractivity contribution in [3.63, 3.8) is 0 Å². The zero-order valence-electron chi connectivity index (χ0n) is 12.0. The molecule has 2 aliphatic carbocycles. The van der Waals surface area contributed by atoms with Crippen molar-refractivity contribution in [3.05, 3.63) is 12.2 Å². The Morgan fingerprint density at radius 1 is 1.18 bits per heavy atom. The van der Waals surface area contributed by atoms with Crippen molar-refractivity contribution in [3.8, 4) is 0 Å². The van der Waals surface area contributed by atoms with Crippen molar-refractivity contribution < 1.29 is 24.0 Å². The molecule has 0 radical (unpaired) electrons. The number of carbonyl (C=O) groups excluding carboxylic acids is 4. The van der Waals surface area contributed by atoms with Crippen LogP contribution in [-0.2, 0) is 24.0 Å². The average Bonchev–Trinajstić information content (AvgIpc) is 3.19. The molecule has 0 spiro atoms. The van der Waals surface area contributed by atoms with Crippen LogP contribution in [0.5, 0.6) is 0 Å². The Morgan fingerprint density at radius 2 is 1.91 bits per heavy atom. The van der Waals surface area contributed by atoms with Crippen molar-refractivity contribution in [2.75, 3.05) is 5.75 Å². The lowest BCUT2D eigenvalue weighted by Crippen LogP contribution is -2.32. The molecule has 7 heteroatoms. The van der Waals surface area contributed by atoms with Gasteiger partial charge in [-0.25, -0.2) is 4.79 Å². The molecular formula is C15H17NO5S. The first-order chi connectivity index (χ1) is 10.5. The summed E-state index contributed by atoms with van der Waals surface area (Å²) in [5.41, 5.74) is 0. The van der Waals surface area contributed by atoms with Crippen molar-refractivity contribution >= 4 is 34.7 Å². The van der Waals surface area contributed by atoms with Gasteiger partial charge in [0.25, 0.3) is 11.8 Å². The lowest BCUT2D eigenvalue weighted by atomic mass is 9.95. The number of hydrogen-bond donors (Lipinski definition) is 0. The Labute approximate surface area is 132 Å². The quantitative estimate of drug-likeness (QED) is 0.563. The second-order valence-corrected chi connectivity index (χ2v) is 6.95. The molecule has 3 rings (SSSR count). The van der Waals surface area contributed by atoms with Crippen LogP contribution in [0.2, 0.25) is 0 Å². The summed E-state index contributed by atoms with van der Waals surface area (Å²) in [5, 5.41) is 0.660. The van der Waals surface area contributed by atoms with Gasteiger partial charge in [0.1, 0.15) is 0 Å². The highest BCUT2D eigenvalue weighted by Crippen LogP contribution is 2.45. The monoisotopic (exact) mass is 323 g/mol. The van der Waals surface area contributed by atoms with Crippen LogP contribution in [-0.4, -0.2) is 33.7 Å². The van der Waals surface area contributed by atoms with Crippen LogP contribution >= 0.6 is 11.8 Å². The van der Waals surface area contributed by atoms with Gasteiger partial charge in [0.2, 0.25) is 0 Å². The van der Waals surface area contributed by atoms with Crippen LogP contribution in [0.1, 0.15) is 32.1 Å². The second kappa shape index (κ2) is 6.24. The van der Waals surface area contributed by atoms with Gasteiger partial charge in [0.15, 0.2) is 5.12 Å². The average molecular weight is 323 g/mol. The first-order valence-electron chi connectivity index (χ1n) is 7.46. The molecule has 3 aliphatic rings. The molecule has 22 heavy (non-hydrogen) atoms. The maximum absolute atomic E-state index is 12.1. The second-order valence-electron chi connectivity index (χ2n) is 5.85. The van der Waals surface area contributed by atoms with E-state index in [9.17, 15) is 19.2 Å². The number of carbonyl (C=O) groups is 4. The number of allylic oxidation sites excluding steroid dienone is 2. The van der Waals surface area contributed by atoms with E-state index < -0.39 is 17.8 Å². The molecule has 118 valence electrons. The third-order valence-corrected chi connectivity index (χ3v) is 5.33. The molecule has 1 saturated heterocycles. The summed E-state index contributed by atoms with van der Waals surface area (Å²) in [7, 11) is 0. The highest BCUT2D eigenvalue weighted by atomic mass is 32.2. The van der Waals surface area contributed by atoms with Crippen molar-refractivity contribution in [1.29, 1.82) is 0 Å². The van der Waals surface area contributed by atoms with Gasteiger partial charge >= 0.3 is 5.97 Å². The van der Waals surface area contributed by atoms with E-state index in [-0.39, 0.29) is 30.3 Å². The number of imide groups is 1. The molecule has 1 saturated carbocycles. The fraction of sp³-hybridized carbons (Fsp3) is 0.600. The maximum Gasteiger partial charge on any atom is 0.334 e. The van der Waals surface area contributed by atoms with Gasteiger partial charge in [-0.3, -0.25) is 14.4 Å². The Hall–Kier alpha value is -1.63. The molecule has 6 nitrogen and oxygen atoms in total. The van der Waals surface area contributed by atoms with E-state index in [4.69, 9.17) is 4.84 Å². The summed E-state index contributed by atoms with van der Waals surface area (Å²) in [5.74, 6) is -0.361. The predicted molar refractivity (Wildman–Crippen MR) is 78.1 cm³/mol. The SMILES string of the molecule is O=C(CCSC(=O)C1CC2C=CC1C2)ON1C(=O)CCC1=O. The lowest BCUT2D eigenvalue weighted by molar-refractivity contribution is -0.197. The zero-order chi connectivity index (χ0) is 15.7. The van der Waals surface area contributed by atoms with E-state index in [2.05, 4.69) is 12.2 Å². The Bertz CT molecular complexity index is 542. The number of fused-ring (bicyclic) bond motifs is 2. The van der Waals surface area contributed by atoms with E-state index in [1.54, 1.807) is 0 Å². The van der Waals surface area contributed by atoms with Crippen LogP contribution in [0, 0.1) is 17.8 Å². The van der Waals surface area contributed by atoms with Gasteiger partial charge in [-0.2, -0.15) is 0 Å². The number of thioether (sulfide) groups is 1. The summed E-state index contributed by atoms with van der Waals surface area (Å²) in [6.07, 6.45) is 6.45. The minimum absolute atomic E-state index is 0.00409. The summed E-state index contributed by atoms with van der Waals surface area (Å²) in [6, 6.07) is 0. The standard InChI is InChI=1S/C15H17NO5S/c17-12-3-4-13(18)16(12)21-14(19)5-6-22-15(20)11-8-9-1-2-10(11)7-9/h1-2,9-11H,3-8H2. The molecule has 0 aromatic rings. The van der Waals surface area contributed by atoms with E-state index in [0.717, 1.165) is 24.6 Å². The summed E-state index contributed by atoms with van der Waals surface area (Å²) in [6.45, 7) is 0. The number of hydroxylamine groups is 2. The molecule has 0 aromatic carbocycles. The topological polar surface area (TPSA) is 80.8 Å². The largest absolute Gasteiger partial charge is 0.334 e. The van der Waals surface area contributed by atoms with E-state index in [0.29, 0.717) is 22.7 Å². The third kappa shape index (κ3) is 3.09. The molecule has 2 amide bonds. The molecule has 1 aliphatic heterocycles. The summed E-state index contributed by atoms with van der Waals surface area (Å²) in [4.78, 5) is 51.1. The molecule has 3 unspecified atom stereocenters. The Balaban J connectivity index is 1.38. The maximum atomic E-state index is 12.1. The molecule has 2 fully saturated rings. The van der Waals surface area contributed by atoms with Crippen molar-refractivity contribution in [2.45, 2.75) is 32.1 Å².